The molecule has 0 amide bonds. The van der Waals surface area contributed by atoms with Gasteiger partial charge in [-0.2, -0.15) is 9.57 Å². The highest BCUT2D eigenvalue weighted by atomic mass is 32.2. The number of hydrogen-bond donors (Lipinski definition) is 1. The van der Waals surface area contributed by atoms with Crippen molar-refractivity contribution in [3.8, 4) is 6.07 Å². The molecule has 116 valence electrons. The Balaban J connectivity index is 2.17. The molecule has 1 aliphatic rings. The summed E-state index contributed by atoms with van der Waals surface area (Å²) in [6, 6.07) is 5.33. The maximum absolute atomic E-state index is 12.7. The summed E-state index contributed by atoms with van der Waals surface area (Å²) in [5, 5.41) is 12.3. The average molecular weight is 327 g/mol. The van der Waals surface area contributed by atoms with E-state index in [2.05, 4.69) is 5.32 Å². The van der Waals surface area contributed by atoms with Crippen LogP contribution in [0.3, 0.4) is 0 Å². The topological polar surface area (TPSA) is 73.2 Å². The fourth-order valence-electron chi connectivity index (χ4n) is 2.53. The minimum atomic E-state index is -3.49. The lowest BCUT2D eigenvalue weighted by atomic mass is 10.1. The Morgan fingerprint density at radius 2 is 2.29 bits per heavy atom. The van der Waals surface area contributed by atoms with E-state index in [-0.39, 0.29) is 10.3 Å². The summed E-state index contributed by atoms with van der Waals surface area (Å²) >= 11 is 1.04. The molecule has 1 atom stereocenters. The third kappa shape index (κ3) is 4.04. The number of piperidine rings is 1. The van der Waals surface area contributed by atoms with Crippen molar-refractivity contribution in [2.24, 2.45) is 0 Å². The van der Waals surface area contributed by atoms with Crippen LogP contribution in [0.25, 0.3) is 0 Å². The Bertz CT molecular complexity index is 598. The van der Waals surface area contributed by atoms with E-state index in [1.807, 2.05) is 13.0 Å². The predicted molar refractivity (Wildman–Crippen MR) is 83.7 cm³/mol. The van der Waals surface area contributed by atoms with E-state index >= 15 is 0 Å². The second-order valence-electron chi connectivity index (χ2n) is 5.24. The van der Waals surface area contributed by atoms with Gasteiger partial charge >= 0.3 is 0 Å². The summed E-state index contributed by atoms with van der Waals surface area (Å²) in [7, 11) is -3.49. The number of rotatable bonds is 6. The van der Waals surface area contributed by atoms with Crippen LogP contribution in [-0.2, 0) is 10.0 Å². The van der Waals surface area contributed by atoms with Crippen LogP contribution >= 0.6 is 11.3 Å². The van der Waals surface area contributed by atoms with Gasteiger partial charge in [0, 0.05) is 19.1 Å². The highest BCUT2D eigenvalue weighted by molar-refractivity contribution is 7.91. The van der Waals surface area contributed by atoms with Crippen molar-refractivity contribution in [3.63, 3.8) is 0 Å². The average Bonchev–Trinajstić information content (AvgIpc) is 2.97. The summed E-state index contributed by atoms with van der Waals surface area (Å²) in [6.07, 6.45) is 4.11. The lowest BCUT2D eigenvalue weighted by molar-refractivity contribution is 0.313. The fraction of sp³-hybridized carbons (Fsp3) is 0.643. The van der Waals surface area contributed by atoms with Gasteiger partial charge in [0.15, 0.2) is 0 Å². The van der Waals surface area contributed by atoms with Gasteiger partial charge in [0.1, 0.15) is 15.2 Å². The second kappa shape index (κ2) is 7.36. The number of nitrogens with zero attached hydrogens (tertiary/aromatic N) is 2. The van der Waals surface area contributed by atoms with Gasteiger partial charge in [0.2, 0.25) is 0 Å². The maximum atomic E-state index is 12.7. The predicted octanol–water partition coefficient (Wildman–Crippen LogP) is 2.16. The molecule has 1 aromatic heterocycles. The normalized spacial score (nSPS) is 19.6. The largest absolute Gasteiger partial charge is 0.313 e. The highest BCUT2D eigenvalue weighted by Gasteiger charge is 2.28. The summed E-state index contributed by atoms with van der Waals surface area (Å²) in [5.41, 5.74) is 0. The molecule has 2 heterocycles. The Hall–Kier alpha value is -0.940. The van der Waals surface area contributed by atoms with Gasteiger partial charge in [-0.3, -0.25) is 0 Å². The van der Waals surface area contributed by atoms with E-state index in [1.165, 1.54) is 6.07 Å². The first-order chi connectivity index (χ1) is 10.1. The van der Waals surface area contributed by atoms with Crippen molar-refractivity contribution in [3.05, 3.63) is 17.0 Å². The first-order valence-electron chi connectivity index (χ1n) is 7.31. The van der Waals surface area contributed by atoms with Crippen LogP contribution in [-0.4, -0.2) is 38.4 Å². The Morgan fingerprint density at radius 3 is 2.86 bits per heavy atom. The third-order valence-electron chi connectivity index (χ3n) is 3.60. The van der Waals surface area contributed by atoms with E-state index in [0.717, 1.165) is 43.6 Å². The molecule has 1 saturated heterocycles. The molecule has 21 heavy (non-hydrogen) atoms. The van der Waals surface area contributed by atoms with E-state index in [1.54, 1.807) is 10.4 Å². The van der Waals surface area contributed by atoms with E-state index in [0.29, 0.717) is 18.0 Å². The van der Waals surface area contributed by atoms with Crippen molar-refractivity contribution in [1.82, 2.24) is 9.62 Å². The van der Waals surface area contributed by atoms with E-state index in [9.17, 15) is 8.42 Å². The zero-order valence-corrected chi connectivity index (χ0v) is 13.8. The molecule has 0 aliphatic carbocycles. The number of nitrogens with one attached hydrogen (secondary N) is 1. The van der Waals surface area contributed by atoms with E-state index in [4.69, 9.17) is 5.26 Å². The molecule has 1 fully saturated rings. The van der Waals surface area contributed by atoms with Crippen LogP contribution in [0.15, 0.2) is 16.3 Å². The summed E-state index contributed by atoms with van der Waals surface area (Å²) in [5.74, 6) is 0. The van der Waals surface area contributed by atoms with Gasteiger partial charge in [0.05, 0.1) is 0 Å². The molecule has 0 radical (unpaired) electrons. The minimum absolute atomic E-state index is 0.232. The molecular formula is C14H21N3O2S2. The molecule has 5 nitrogen and oxygen atoms in total. The SMILES string of the molecule is CCCN(CC1CCCCN1)S(=O)(=O)c1ccc(C#N)s1. The summed E-state index contributed by atoms with van der Waals surface area (Å²) < 4.78 is 27.3. The minimum Gasteiger partial charge on any atom is -0.313 e. The summed E-state index contributed by atoms with van der Waals surface area (Å²) in [6.45, 7) is 3.96. The van der Waals surface area contributed by atoms with Gasteiger partial charge in [0.25, 0.3) is 10.0 Å². The molecule has 2 rings (SSSR count). The number of hydrogen-bond acceptors (Lipinski definition) is 5. The smallest absolute Gasteiger partial charge is 0.252 e. The van der Waals surface area contributed by atoms with Crippen molar-refractivity contribution in [2.75, 3.05) is 19.6 Å². The molecule has 0 bridgehead atoms. The molecule has 7 heteroatoms. The second-order valence-corrected chi connectivity index (χ2v) is 8.49. The number of nitriles is 1. The van der Waals surface area contributed by atoms with Gasteiger partial charge < -0.3 is 5.32 Å². The Kier molecular flexibility index (Phi) is 5.76. The van der Waals surface area contributed by atoms with Gasteiger partial charge in [-0.05, 0) is 37.9 Å². The number of thiophene rings is 1. The molecule has 1 aliphatic heterocycles. The highest BCUT2D eigenvalue weighted by Crippen LogP contribution is 2.25. The van der Waals surface area contributed by atoms with Crippen LogP contribution in [0.1, 0.15) is 37.5 Å². The zero-order chi connectivity index (χ0) is 15.3. The zero-order valence-electron chi connectivity index (χ0n) is 12.2. The maximum Gasteiger partial charge on any atom is 0.252 e. The monoisotopic (exact) mass is 327 g/mol. The van der Waals surface area contributed by atoms with Crippen molar-refractivity contribution >= 4 is 21.4 Å². The van der Waals surface area contributed by atoms with Crippen LogP contribution in [0, 0.1) is 11.3 Å². The molecule has 1 unspecified atom stereocenters. The molecular weight excluding hydrogens is 306 g/mol. The van der Waals surface area contributed by atoms with Crippen LogP contribution in [0.4, 0.5) is 0 Å². The summed E-state index contributed by atoms with van der Waals surface area (Å²) in [4.78, 5) is 0.431. The first kappa shape index (κ1) is 16.4. The lowest BCUT2D eigenvalue weighted by Crippen LogP contribution is -2.45. The van der Waals surface area contributed by atoms with E-state index < -0.39 is 10.0 Å². The number of sulfonamides is 1. The molecule has 1 aromatic rings. The van der Waals surface area contributed by atoms with Gasteiger partial charge in [-0.25, -0.2) is 8.42 Å². The molecule has 0 spiro atoms. The fourth-order valence-corrected chi connectivity index (χ4v) is 5.37. The quantitative estimate of drug-likeness (QED) is 0.869. The molecule has 0 saturated carbocycles. The van der Waals surface area contributed by atoms with Crippen LogP contribution in [0.5, 0.6) is 0 Å². The third-order valence-corrected chi connectivity index (χ3v) is 6.92. The molecule has 1 N–H and O–H groups in total. The first-order valence-corrected chi connectivity index (χ1v) is 9.57. The Morgan fingerprint density at radius 1 is 1.48 bits per heavy atom. The van der Waals surface area contributed by atoms with Gasteiger partial charge in [-0.15, -0.1) is 11.3 Å². The van der Waals surface area contributed by atoms with Crippen LogP contribution in [0.2, 0.25) is 0 Å². The van der Waals surface area contributed by atoms with Crippen LogP contribution < -0.4 is 5.32 Å². The lowest BCUT2D eigenvalue weighted by Gasteiger charge is -2.29. The van der Waals surface area contributed by atoms with Crippen molar-refractivity contribution < 1.29 is 8.42 Å². The van der Waals surface area contributed by atoms with Gasteiger partial charge in [-0.1, -0.05) is 13.3 Å². The Labute approximate surface area is 130 Å². The van der Waals surface area contributed by atoms with Crippen molar-refractivity contribution in [1.29, 1.82) is 5.26 Å². The van der Waals surface area contributed by atoms with Crippen molar-refractivity contribution in [2.45, 2.75) is 42.9 Å². The molecule has 0 aromatic carbocycles. The standard InChI is InChI=1S/C14H21N3O2S2/c1-2-9-17(11-12-5-3-4-8-16-12)21(18,19)14-7-6-13(10-15)20-14/h6-7,12,16H,2-5,8-9,11H2,1H3.